The number of rotatable bonds is 6. The van der Waals surface area contributed by atoms with Crippen molar-refractivity contribution in [2.24, 2.45) is 11.7 Å². The summed E-state index contributed by atoms with van der Waals surface area (Å²) in [5.41, 5.74) is 8.27. The van der Waals surface area contributed by atoms with E-state index in [0.29, 0.717) is 47.3 Å². The number of halogens is 2. The lowest BCUT2D eigenvalue weighted by atomic mass is 10.00. The molecular weight excluding hydrogens is 407 g/mol. The SMILES string of the molecule is COc1ncc(C(=O)N[C@@H](C)C2CC2)c(N2CC[C@H](N)C2)c1-c1cc(F)cc(Cl)c1. The zero-order valence-corrected chi connectivity index (χ0v) is 17.9. The van der Waals surface area contributed by atoms with E-state index < -0.39 is 5.82 Å². The van der Waals surface area contributed by atoms with Crippen molar-refractivity contribution in [2.45, 2.75) is 38.3 Å². The Bertz CT molecular complexity index is 946. The first-order chi connectivity index (χ1) is 14.4. The number of hydrogen-bond acceptors (Lipinski definition) is 5. The zero-order valence-electron chi connectivity index (χ0n) is 17.1. The molecule has 0 spiro atoms. The number of carbonyl (C=O) groups excluding carboxylic acids is 1. The van der Waals surface area contributed by atoms with E-state index >= 15 is 0 Å². The van der Waals surface area contributed by atoms with Crippen LogP contribution in [0.5, 0.6) is 5.88 Å². The van der Waals surface area contributed by atoms with Crippen molar-refractivity contribution < 1.29 is 13.9 Å². The lowest BCUT2D eigenvalue weighted by Crippen LogP contribution is -2.36. The Hall–Kier alpha value is -2.38. The molecule has 1 aliphatic carbocycles. The van der Waals surface area contributed by atoms with Crippen LogP contribution >= 0.6 is 11.6 Å². The van der Waals surface area contributed by atoms with Gasteiger partial charge < -0.3 is 20.7 Å². The molecule has 1 saturated heterocycles. The molecule has 8 heteroatoms. The Labute approximate surface area is 180 Å². The molecule has 1 aliphatic heterocycles. The van der Waals surface area contributed by atoms with Gasteiger partial charge in [0, 0.05) is 36.4 Å². The molecule has 0 radical (unpaired) electrons. The molecule has 2 aliphatic rings. The van der Waals surface area contributed by atoms with Gasteiger partial charge in [0.2, 0.25) is 5.88 Å². The maximum Gasteiger partial charge on any atom is 0.255 e. The Morgan fingerprint density at radius 3 is 2.73 bits per heavy atom. The molecule has 1 saturated carbocycles. The Kier molecular flexibility index (Phi) is 5.84. The molecule has 4 rings (SSSR count). The number of anilines is 1. The first-order valence-corrected chi connectivity index (χ1v) is 10.6. The van der Waals surface area contributed by atoms with E-state index in [2.05, 4.69) is 15.2 Å². The fourth-order valence-electron chi connectivity index (χ4n) is 4.08. The van der Waals surface area contributed by atoms with Crippen LogP contribution in [-0.2, 0) is 0 Å². The van der Waals surface area contributed by atoms with E-state index in [4.69, 9.17) is 22.1 Å². The fourth-order valence-corrected chi connectivity index (χ4v) is 4.30. The average Bonchev–Trinajstić information content (AvgIpc) is 3.47. The minimum atomic E-state index is -0.471. The number of ether oxygens (including phenoxy) is 1. The summed E-state index contributed by atoms with van der Waals surface area (Å²) < 4.78 is 19.7. The predicted molar refractivity (Wildman–Crippen MR) is 116 cm³/mol. The van der Waals surface area contributed by atoms with E-state index in [1.165, 1.54) is 25.4 Å². The summed E-state index contributed by atoms with van der Waals surface area (Å²) >= 11 is 6.13. The summed E-state index contributed by atoms with van der Waals surface area (Å²) in [6, 6.07) is 4.34. The van der Waals surface area contributed by atoms with Crippen LogP contribution in [0, 0.1) is 11.7 Å². The quantitative estimate of drug-likeness (QED) is 0.728. The number of nitrogens with zero attached hydrogens (tertiary/aromatic N) is 2. The third-order valence-corrected chi connectivity index (χ3v) is 6.05. The topological polar surface area (TPSA) is 80.5 Å². The lowest BCUT2D eigenvalue weighted by Gasteiger charge is -2.26. The molecule has 2 atom stereocenters. The molecule has 0 bridgehead atoms. The molecule has 2 heterocycles. The molecule has 6 nitrogen and oxygen atoms in total. The van der Waals surface area contributed by atoms with Crippen LogP contribution < -0.4 is 20.7 Å². The highest BCUT2D eigenvalue weighted by molar-refractivity contribution is 6.31. The summed E-state index contributed by atoms with van der Waals surface area (Å²) in [7, 11) is 1.50. The average molecular weight is 433 g/mol. The van der Waals surface area contributed by atoms with Crippen molar-refractivity contribution in [3.05, 3.63) is 40.8 Å². The van der Waals surface area contributed by atoms with Gasteiger partial charge >= 0.3 is 0 Å². The van der Waals surface area contributed by atoms with Crippen LogP contribution in [-0.4, -0.2) is 43.2 Å². The number of nitrogens with one attached hydrogen (secondary N) is 1. The number of aromatic nitrogens is 1. The van der Waals surface area contributed by atoms with Crippen LogP contribution in [0.1, 0.15) is 36.5 Å². The highest BCUT2D eigenvalue weighted by Crippen LogP contribution is 2.42. The van der Waals surface area contributed by atoms with Gasteiger partial charge in [-0.15, -0.1) is 0 Å². The molecule has 1 aromatic carbocycles. The predicted octanol–water partition coefficient (Wildman–Crippen LogP) is 3.62. The molecule has 3 N–H and O–H groups in total. The van der Waals surface area contributed by atoms with Crippen LogP contribution in [0.2, 0.25) is 5.02 Å². The third kappa shape index (κ3) is 4.23. The fraction of sp³-hybridized carbons (Fsp3) is 0.455. The van der Waals surface area contributed by atoms with Gasteiger partial charge in [0.05, 0.1) is 23.9 Å². The number of nitrogens with two attached hydrogens (primary N) is 1. The molecule has 0 unspecified atom stereocenters. The second-order valence-electron chi connectivity index (χ2n) is 8.16. The largest absolute Gasteiger partial charge is 0.480 e. The first kappa shape index (κ1) is 20.9. The molecule has 1 aromatic heterocycles. The van der Waals surface area contributed by atoms with E-state index in [0.717, 1.165) is 19.3 Å². The van der Waals surface area contributed by atoms with E-state index in [9.17, 15) is 9.18 Å². The highest BCUT2D eigenvalue weighted by atomic mass is 35.5. The minimum Gasteiger partial charge on any atom is -0.480 e. The highest BCUT2D eigenvalue weighted by Gasteiger charge is 2.33. The van der Waals surface area contributed by atoms with E-state index in [1.807, 2.05) is 6.92 Å². The van der Waals surface area contributed by atoms with Gasteiger partial charge in [-0.25, -0.2) is 9.37 Å². The molecule has 2 aromatic rings. The molecular formula is C22H26ClFN4O2. The van der Waals surface area contributed by atoms with Gasteiger partial charge in [0.1, 0.15) is 5.82 Å². The summed E-state index contributed by atoms with van der Waals surface area (Å²) in [4.78, 5) is 19.6. The number of pyridine rings is 1. The van der Waals surface area contributed by atoms with Gasteiger partial charge in [0.25, 0.3) is 5.91 Å². The summed E-state index contributed by atoms with van der Waals surface area (Å²) in [6.45, 7) is 3.29. The number of methoxy groups -OCH3 is 1. The van der Waals surface area contributed by atoms with Crippen LogP contribution in [0.4, 0.5) is 10.1 Å². The van der Waals surface area contributed by atoms with E-state index in [-0.39, 0.29) is 23.0 Å². The number of amides is 1. The molecule has 30 heavy (non-hydrogen) atoms. The van der Waals surface area contributed by atoms with Crippen molar-refractivity contribution in [1.29, 1.82) is 0 Å². The van der Waals surface area contributed by atoms with Crippen molar-refractivity contribution in [3.63, 3.8) is 0 Å². The monoisotopic (exact) mass is 432 g/mol. The third-order valence-electron chi connectivity index (χ3n) is 5.83. The smallest absolute Gasteiger partial charge is 0.255 e. The molecule has 1 amide bonds. The second-order valence-corrected chi connectivity index (χ2v) is 8.59. The maximum atomic E-state index is 14.2. The zero-order chi connectivity index (χ0) is 21.4. The molecule has 160 valence electrons. The second kappa shape index (κ2) is 8.40. The summed E-state index contributed by atoms with van der Waals surface area (Å²) in [6.07, 6.45) is 4.58. The van der Waals surface area contributed by atoms with Crippen LogP contribution in [0.25, 0.3) is 11.1 Å². The van der Waals surface area contributed by atoms with Crippen molar-refractivity contribution in [2.75, 3.05) is 25.1 Å². The van der Waals surface area contributed by atoms with Gasteiger partial charge in [0.15, 0.2) is 0 Å². The van der Waals surface area contributed by atoms with Gasteiger partial charge in [-0.2, -0.15) is 0 Å². The van der Waals surface area contributed by atoms with Crippen LogP contribution in [0.3, 0.4) is 0 Å². The van der Waals surface area contributed by atoms with Crippen molar-refractivity contribution in [1.82, 2.24) is 10.3 Å². The van der Waals surface area contributed by atoms with E-state index in [1.54, 1.807) is 6.07 Å². The number of benzene rings is 1. The van der Waals surface area contributed by atoms with Crippen LogP contribution in [0.15, 0.2) is 24.4 Å². The van der Waals surface area contributed by atoms with Crippen molar-refractivity contribution >= 4 is 23.2 Å². The Balaban J connectivity index is 1.86. The van der Waals surface area contributed by atoms with Gasteiger partial charge in [-0.3, -0.25) is 4.79 Å². The number of carbonyl (C=O) groups is 1. The minimum absolute atomic E-state index is 0.00518. The van der Waals surface area contributed by atoms with Crippen molar-refractivity contribution in [3.8, 4) is 17.0 Å². The normalized spacial score (nSPS) is 19.6. The Morgan fingerprint density at radius 1 is 1.37 bits per heavy atom. The Morgan fingerprint density at radius 2 is 2.13 bits per heavy atom. The summed E-state index contributed by atoms with van der Waals surface area (Å²) in [5.74, 6) is 0.147. The van der Waals surface area contributed by atoms with Gasteiger partial charge in [-0.05, 0) is 55.9 Å². The number of hydrogen-bond donors (Lipinski definition) is 2. The van der Waals surface area contributed by atoms with Gasteiger partial charge in [-0.1, -0.05) is 11.6 Å². The molecule has 2 fully saturated rings. The maximum absolute atomic E-state index is 14.2. The standard InChI is InChI=1S/C22H26ClFN4O2/c1-12(13-3-4-13)27-21(29)18-10-26-22(30-2)19(14-7-15(23)9-16(24)8-14)20(18)28-6-5-17(25)11-28/h7-10,12-13,17H,3-6,11,25H2,1-2H3,(H,27,29)/t12-,17-/m0/s1. The summed E-state index contributed by atoms with van der Waals surface area (Å²) in [5, 5.41) is 3.35. The first-order valence-electron chi connectivity index (χ1n) is 10.2. The lowest BCUT2D eigenvalue weighted by molar-refractivity contribution is 0.0936.